The van der Waals surface area contributed by atoms with Gasteiger partial charge in [0.25, 0.3) is 0 Å². The van der Waals surface area contributed by atoms with Crippen molar-refractivity contribution in [3.8, 4) is 6.07 Å². The van der Waals surface area contributed by atoms with E-state index in [4.69, 9.17) is 5.26 Å². The van der Waals surface area contributed by atoms with Gasteiger partial charge in [-0.05, 0) is 30.3 Å². The van der Waals surface area contributed by atoms with Gasteiger partial charge in [-0.1, -0.05) is 11.8 Å². The number of carbonyl (C=O) groups excluding carboxylic acids is 1. The molecule has 0 fully saturated rings. The average molecular weight is 269 g/mol. The number of aromatic nitrogens is 1. The molecule has 5 heteroatoms. The summed E-state index contributed by atoms with van der Waals surface area (Å²) in [4.78, 5) is 16.7. The van der Waals surface area contributed by atoms with Gasteiger partial charge in [-0.25, -0.2) is 0 Å². The Balaban J connectivity index is 2.16. The van der Waals surface area contributed by atoms with Gasteiger partial charge in [-0.3, -0.25) is 9.78 Å². The molecular formula is C14H11N3OS. The predicted molar refractivity (Wildman–Crippen MR) is 73.8 cm³/mol. The lowest BCUT2D eigenvalue weighted by Gasteiger charge is -2.05. The first-order valence-corrected chi connectivity index (χ1v) is 6.40. The molecule has 1 heterocycles. The van der Waals surface area contributed by atoms with Crippen molar-refractivity contribution in [1.82, 2.24) is 4.98 Å². The Morgan fingerprint density at radius 2 is 2.05 bits per heavy atom. The molecule has 4 nitrogen and oxygen atoms in total. The fourth-order valence-corrected chi connectivity index (χ4v) is 2.35. The number of hydrogen-bond acceptors (Lipinski definition) is 4. The van der Waals surface area contributed by atoms with E-state index in [9.17, 15) is 4.79 Å². The Labute approximate surface area is 115 Å². The van der Waals surface area contributed by atoms with E-state index in [-0.39, 0.29) is 5.91 Å². The molecule has 0 unspecified atom stereocenters. The molecule has 2 aromatic rings. The van der Waals surface area contributed by atoms with Crippen molar-refractivity contribution < 1.29 is 4.79 Å². The number of anilines is 1. The van der Waals surface area contributed by atoms with Gasteiger partial charge in [-0.2, -0.15) is 5.26 Å². The van der Waals surface area contributed by atoms with E-state index in [1.54, 1.807) is 18.5 Å². The van der Waals surface area contributed by atoms with Crippen LogP contribution in [0.25, 0.3) is 0 Å². The molecule has 1 aromatic carbocycles. The molecular weight excluding hydrogens is 258 g/mol. The van der Waals surface area contributed by atoms with Gasteiger partial charge >= 0.3 is 0 Å². The van der Waals surface area contributed by atoms with Crippen molar-refractivity contribution in [2.24, 2.45) is 0 Å². The maximum Gasteiger partial charge on any atom is 0.221 e. The topological polar surface area (TPSA) is 65.8 Å². The Kier molecular flexibility index (Phi) is 4.16. The highest BCUT2D eigenvalue weighted by molar-refractivity contribution is 7.99. The monoisotopic (exact) mass is 269 g/mol. The molecule has 1 amide bonds. The lowest BCUT2D eigenvalue weighted by Crippen LogP contribution is -2.05. The van der Waals surface area contributed by atoms with Gasteiger partial charge in [0.15, 0.2) is 0 Å². The summed E-state index contributed by atoms with van der Waals surface area (Å²) in [7, 11) is 0. The number of amides is 1. The number of nitrogens with zero attached hydrogens (tertiary/aromatic N) is 2. The Morgan fingerprint density at radius 1 is 1.32 bits per heavy atom. The van der Waals surface area contributed by atoms with Crippen LogP contribution in [0.3, 0.4) is 0 Å². The summed E-state index contributed by atoms with van der Waals surface area (Å²) in [5.74, 6) is -0.0978. The normalized spacial score (nSPS) is 9.68. The molecule has 94 valence electrons. The number of nitrogens with one attached hydrogen (secondary N) is 1. The zero-order valence-electron chi connectivity index (χ0n) is 10.3. The second-order valence-corrected chi connectivity index (χ2v) is 4.91. The van der Waals surface area contributed by atoms with E-state index >= 15 is 0 Å². The van der Waals surface area contributed by atoms with E-state index in [1.807, 2.05) is 24.3 Å². The number of pyridine rings is 1. The molecule has 1 N–H and O–H groups in total. The van der Waals surface area contributed by atoms with E-state index < -0.39 is 0 Å². The standard InChI is InChI=1S/C14H11N3OS/c1-10(18)17-12-2-4-13(5-3-12)19-14-9-16-7-6-11(14)8-15/h2-7,9H,1H3,(H,17,18). The minimum absolute atomic E-state index is 0.0978. The largest absolute Gasteiger partial charge is 0.326 e. The summed E-state index contributed by atoms with van der Waals surface area (Å²) in [6, 6.07) is 11.3. The SMILES string of the molecule is CC(=O)Nc1ccc(Sc2cnccc2C#N)cc1. The predicted octanol–water partition coefficient (Wildman–Crippen LogP) is 3.06. The number of benzene rings is 1. The van der Waals surface area contributed by atoms with Crippen LogP contribution in [-0.4, -0.2) is 10.9 Å². The highest BCUT2D eigenvalue weighted by Gasteiger charge is 2.04. The summed E-state index contributed by atoms with van der Waals surface area (Å²) >= 11 is 1.47. The van der Waals surface area contributed by atoms with Crippen LogP contribution in [-0.2, 0) is 4.79 Å². The van der Waals surface area contributed by atoms with Crippen molar-refractivity contribution in [2.75, 3.05) is 5.32 Å². The van der Waals surface area contributed by atoms with Crippen LogP contribution in [0.2, 0.25) is 0 Å². The van der Waals surface area contributed by atoms with Crippen LogP contribution in [0.5, 0.6) is 0 Å². The van der Waals surface area contributed by atoms with Gasteiger partial charge < -0.3 is 5.32 Å². The van der Waals surface area contributed by atoms with Crippen molar-refractivity contribution in [3.05, 3.63) is 48.3 Å². The third kappa shape index (κ3) is 3.57. The molecule has 0 aliphatic rings. The molecule has 0 bridgehead atoms. The van der Waals surface area contributed by atoms with E-state index in [1.165, 1.54) is 18.7 Å². The molecule has 1 aromatic heterocycles. The van der Waals surface area contributed by atoms with Crippen molar-refractivity contribution >= 4 is 23.4 Å². The molecule has 0 aliphatic carbocycles. The van der Waals surface area contributed by atoms with Gasteiger partial charge in [0, 0.05) is 34.8 Å². The second-order valence-electron chi connectivity index (χ2n) is 3.79. The van der Waals surface area contributed by atoms with E-state index in [2.05, 4.69) is 16.4 Å². The average Bonchev–Trinajstić information content (AvgIpc) is 2.41. The number of hydrogen-bond donors (Lipinski definition) is 1. The molecule has 0 atom stereocenters. The van der Waals surface area contributed by atoms with Crippen LogP contribution >= 0.6 is 11.8 Å². The van der Waals surface area contributed by atoms with Crippen molar-refractivity contribution in [2.45, 2.75) is 16.7 Å². The van der Waals surface area contributed by atoms with Crippen molar-refractivity contribution in [3.63, 3.8) is 0 Å². The summed E-state index contributed by atoms with van der Waals surface area (Å²) in [6.07, 6.45) is 3.27. The Morgan fingerprint density at radius 3 is 2.68 bits per heavy atom. The van der Waals surface area contributed by atoms with Crippen LogP contribution in [0.15, 0.2) is 52.5 Å². The molecule has 19 heavy (non-hydrogen) atoms. The zero-order chi connectivity index (χ0) is 13.7. The first-order chi connectivity index (χ1) is 9.19. The summed E-state index contributed by atoms with van der Waals surface area (Å²) in [6.45, 7) is 1.47. The van der Waals surface area contributed by atoms with Gasteiger partial charge in [0.1, 0.15) is 6.07 Å². The maximum absolute atomic E-state index is 10.9. The quantitative estimate of drug-likeness (QED) is 0.930. The van der Waals surface area contributed by atoms with Crippen LogP contribution in [0, 0.1) is 11.3 Å². The third-order valence-electron chi connectivity index (χ3n) is 2.31. The summed E-state index contributed by atoms with van der Waals surface area (Å²) in [5.41, 5.74) is 1.36. The highest BCUT2D eigenvalue weighted by atomic mass is 32.2. The minimum Gasteiger partial charge on any atom is -0.326 e. The zero-order valence-corrected chi connectivity index (χ0v) is 11.1. The lowest BCUT2D eigenvalue weighted by atomic mass is 10.3. The molecule has 0 radical (unpaired) electrons. The molecule has 0 aliphatic heterocycles. The fourth-order valence-electron chi connectivity index (χ4n) is 1.49. The van der Waals surface area contributed by atoms with Crippen molar-refractivity contribution in [1.29, 1.82) is 5.26 Å². The van der Waals surface area contributed by atoms with Crippen LogP contribution < -0.4 is 5.32 Å². The Hall–Kier alpha value is -2.32. The fraction of sp³-hybridized carbons (Fsp3) is 0.0714. The third-order valence-corrected chi connectivity index (χ3v) is 3.36. The van der Waals surface area contributed by atoms with Gasteiger partial charge in [0.2, 0.25) is 5.91 Å². The summed E-state index contributed by atoms with van der Waals surface area (Å²) in [5, 5.41) is 11.7. The maximum atomic E-state index is 10.9. The highest BCUT2D eigenvalue weighted by Crippen LogP contribution is 2.30. The van der Waals surface area contributed by atoms with Gasteiger partial charge in [0.05, 0.1) is 5.56 Å². The van der Waals surface area contributed by atoms with E-state index in [0.29, 0.717) is 5.56 Å². The molecule has 2 rings (SSSR count). The first kappa shape index (κ1) is 13.1. The van der Waals surface area contributed by atoms with Crippen LogP contribution in [0.4, 0.5) is 5.69 Å². The first-order valence-electron chi connectivity index (χ1n) is 5.58. The molecule has 0 spiro atoms. The van der Waals surface area contributed by atoms with E-state index in [0.717, 1.165) is 15.5 Å². The van der Waals surface area contributed by atoms with Crippen LogP contribution in [0.1, 0.15) is 12.5 Å². The second kappa shape index (κ2) is 6.03. The number of rotatable bonds is 3. The van der Waals surface area contributed by atoms with Gasteiger partial charge in [-0.15, -0.1) is 0 Å². The number of nitriles is 1. The smallest absolute Gasteiger partial charge is 0.221 e. The Bertz CT molecular complexity index is 632. The molecule has 0 saturated carbocycles. The minimum atomic E-state index is -0.0978. The molecule has 0 saturated heterocycles. The summed E-state index contributed by atoms with van der Waals surface area (Å²) < 4.78 is 0. The lowest BCUT2D eigenvalue weighted by molar-refractivity contribution is -0.114. The number of carbonyl (C=O) groups is 1.